The van der Waals surface area contributed by atoms with Crippen molar-refractivity contribution in [2.45, 2.75) is 26.3 Å². The number of nitrogens with zero attached hydrogens (tertiary/aromatic N) is 8. The number of piperidine rings is 1. The Morgan fingerprint density at radius 3 is 2.73 bits per heavy atom. The molecule has 0 spiro atoms. The van der Waals surface area contributed by atoms with Gasteiger partial charge in [0.2, 0.25) is 0 Å². The first-order chi connectivity index (χ1) is 14.7. The maximum absolute atomic E-state index is 12.3. The highest BCUT2D eigenvalue weighted by molar-refractivity contribution is 5.86. The minimum Gasteiger partial charge on any atom is -0.356 e. The smallest absolute Gasteiger partial charge is 0.266 e. The van der Waals surface area contributed by atoms with Gasteiger partial charge in [0.25, 0.3) is 5.56 Å². The second kappa shape index (κ2) is 7.66. The van der Waals surface area contributed by atoms with E-state index in [1.807, 2.05) is 31.3 Å². The van der Waals surface area contributed by atoms with Crippen molar-refractivity contribution in [1.82, 2.24) is 34.5 Å². The van der Waals surface area contributed by atoms with Crippen molar-refractivity contribution in [3.8, 4) is 5.82 Å². The summed E-state index contributed by atoms with van der Waals surface area (Å²) in [5.74, 6) is 2.70. The number of pyridine rings is 1. The molecule has 5 heterocycles. The van der Waals surface area contributed by atoms with Gasteiger partial charge in [-0.25, -0.2) is 24.3 Å². The van der Waals surface area contributed by atoms with Gasteiger partial charge >= 0.3 is 0 Å². The minimum absolute atomic E-state index is 0.0863. The number of hydrogen-bond acceptors (Lipinski definition) is 7. The predicted molar refractivity (Wildman–Crippen MR) is 113 cm³/mol. The first-order valence-electron chi connectivity index (χ1n) is 10.1. The van der Waals surface area contributed by atoms with Crippen molar-refractivity contribution < 1.29 is 0 Å². The monoisotopic (exact) mass is 402 g/mol. The fourth-order valence-corrected chi connectivity index (χ4v) is 3.96. The number of fused-ring (bicyclic) bond motifs is 1. The van der Waals surface area contributed by atoms with E-state index in [1.54, 1.807) is 33.9 Å². The number of aromatic nitrogens is 7. The van der Waals surface area contributed by atoms with E-state index in [4.69, 9.17) is 0 Å². The molecular weight excluding hydrogens is 380 g/mol. The van der Waals surface area contributed by atoms with E-state index in [0.29, 0.717) is 18.3 Å². The van der Waals surface area contributed by atoms with Gasteiger partial charge in [0.05, 0.1) is 5.39 Å². The summed E-state index contributed by atoms with van der Waals surface area (Å²) in [6, 6.07) is 9.03. The van der Waals surface area contributed by atoms with Crippen LogP contribution in [0.15, 0.2) is 53.7 Å². The second-order valence-corrected chi connectivity index (χ2v) is 7.56. The van der Waals surface area contributed by atoms with Crippen molar-refractivity contribution in [2.75, 3.05) is 18.0 Å². The van der Waals surface area contributed by atoms with E-state index in [2.05, 4.69) is 30.0 Å². The van der Waals surface area contributed by atoms with Crippen LogP contribution in [0.3, 0.4) is 0 Å². The van der Waals surface area contributed by atoms with Crippen molar-refractivity contribution >= 4 is 16.9 Å². The maximum Gasteiger partial charge on any atom is 0.266 e. The zero-order chi connectivity index (χ0) is 20.5. The van der Waals surface area contributed by atoms with Crippen LogP contribution in [0.4, 0.5) is 5.82 Å². The molecule has 1 aliphatic rings. The Morgan fingerprint density at radius 2 is 1.93 bits per heavy atom. The van der Waals surface area contributed by atoms with Gasteiger partial charge in [-0.2, -0.15) is 5.10 Å². The van der Waals surface area contributed by atoms with Crippen LogP contribution >= 0.6 is 0 Å². The van der Waals surface area contributed by atoms with Gasteiger partial charge in [0.15, 0.2) is 11.5 Å². The van der Waals surface area contributed by atoms with Crippen LogP contribution in [-0.4, -0.2) is 47.6 Å². The Bertz CT molecular complexity index is 1230. The molecule has 0 atom stereocenters. The Hall–Kier alpha value is -3.62. The first-order valence-corrected chi connectivity index (χ1v) is 10.1. The topological polar surface area (TPSA) is 94.6 Å². The highest BCUT2D eigenvalue weighted by Gasteiger charge is 2.23. The molecule has 1 fully saturated rings. The summed E-state index contributed by atoms with van der Waals surface area (Å²) in [4.78, 5) is 28.1. The molecule has 0 aromatic carbocycles. The number of hydrogen-bond donors (Lipinski definition) is 0. The average molecular weight is 402 g/mol. The van der Waals surface area contributed by atoms with Crippen LogP contribution in [0.2, 0.25) is 0 Å². The number of aryl methyl sites for hydroxylation is 1. The fourth-order valence-electron chi connectivity index (χ4n) is 3.96. The summed E-state index contributed by atoms with van der Waals surface area (Å²) in [6.07, 6.45) is 7.20. The summed E-state index contributed by atoms with van der Waals surface area (Å²) in [5.41, 5.74) is 0.644. The van der Waals surface area contributed by atoms with E-state index in [9.17, 15) is 4.79 Å². The molecule has 0 radical (unpaired) electrons. The van der Waals surface area contributed by atoms with Gasteiger partial charge in [-0.05, 0) is 49.9 Å². The molecule has 0 unspecified atom stereocenters. The van der Waals surface area contributed by atoms with Crippen LogP contribution in [0, 0.1) is 12.8 Å². The molecule has 4 aromatic rings. The van der Waals surface area contributed by atoms with Crippen molar-refractivity contribution in [3.05, 3.63) is 65.1 Å². The third kappa shape index (κ3) is 3.54. The van der Waals surface area contributed by atoms with Crippen LogP contribution in [0.1, 0.15) is 18.7 Å². The molecule has 9 nitrogen and oxygen atoms in total. The van der Waals surface area contributed by atoms with Gasteiger partial charge in [-0.3, -0.25) is 4.79 Å². The number of rotatable bonds is 4. The molecule has 1 saturated heterocycles. The van der Waals surface area contributed by atoms with E-state index in [0.717, 1.165) is 48.6 Å². The van der Waals surface area contributed by atoms with Gasteiger partial charge in [0, 0.05) is 44.3 Å². The van der Waals surface area contributed by atoms with Crippen LogP contribution in [0.25, 0.3) is 16.9 Å². The third-order valence-corrected chi connectivity index (χ3v) is 5.50. The molecule has 1 aliphatic heterocycles. The quantitative estimate of drug-likeness (QED) is 0.515. The summed E-state index contributed by atoms with van der Waals surface area (Å²) in [5, 5.41) is 9.67. The molecule has 4 aromatic heterocycles. The molecular formula is C21H22N8O. The lowest BCUT2D eigenvalue weighted by Gasteiger charge is -2.33. The fraction of sp³-hybridized carbons (Fsp3) is 0.333. The van der Waals surface area contributed by atoms with Crippen molar-refractivity contribution in [3.63, 3.8) is 0 Å². The lowest BCUT2D eigenvalue weighted by molar-refractivity contribution is 0.334. The molecule has 0 bridgehead atoms. The van der Waals surface area contributed by atoms with Gasteiger partial charge < -0.3 is 4.90 Å². The summed E-state index contributed by atoms with van der Waals surface area (Å²) in [7, 11) is 0. The Kier molecular flexibility index (Phi) is 4.70. The zero-order valence-corrected chi connectivity index (χ0v) is 16.7. The highest BCUT2D eigenvalue weighted by Crippen LogP contribution is 2.27. The first kappa shape index (κ1) is 18.4. The lowest BCUT2D eigenvalue weighted by Crippen LogP contribution is -2.37. The number of anilines is 1. The van der Waals surface area contributed by atoms with E-state index in [-0.39, 0.29) is 5.56 Å². The SMILES string of the molecule is Cc1nc(N2CCC(Cn3nc(-n4cccn4)ccc3=O)CC2)c2cccnc2n1. The molecule has 0 amide bonds. The summed E-state index contributed by atoms with van der Waals surface area (Å²) >= 11 is 0. The third-order valence-electron chi connectivity index (χ3n) is 5.50. The van der Waals surface area contributed by atoms with Crippen LogP contribution in [0.5, 0.6) is 0 Å². The highest BCUT2D eigenvalue weighted by atomic mass is 16.1. The lowest BCUT2D eigenvalue weighted by atomic mass is 9.96. The molecule has 0 saturated carbocycles. The van der Waals surface area contributed by atoms with E-state index < -0.39 is 0 Å². The molecule has 152 valence electrons. The second-order valence-electron chi connectivity index (χ2n) is 7.56. The van der Waals surface area contributed by atoms with Crippen LogP contribution < -0.4 is 10.5 Å². The summed E-state index contributed by atoms with van der Waals surface area (Å²) < 4.78 is 3.22. The van der Waals surface area contributed by atoms with Gasteiger partial charge in [-0.1, -0.05) is 0 Å². The van der Waals surface area contributed by atoms with Crippen molar-refractivity contribution in [1.29, 1.82) is 0 Å². The molecule has 30 heavy (non-hydrogen) atoms. The summed E-state index contributed by atoms with van der Waals surface area (Å²) in [6.45, 7) is 4.25. The molecule has 0 aliphatic carbocycles. The van der Waals surface area contributed by atoms with Crippen LogP contribution in [-0.2, 0) is 6.54 Å². The maximum atomic E-state index is 12.3. The standard InChI is InChI=1S/C21H22N8O/c1-15-24-20-17(4-2-9-22-20)21(25-15)27-12-7-16(8-13-27)14-29-19(30)6-5-18(26-29)28-11-3-10-23-28/h2-6,9-11,16H,7-8,12-14H2,1H3. The molecule has 9 heteroatoms. The molecule has 0 N–H and O–H groups in total. The largest absolute Gasteiger partial charge is 0.356 e. The Balaban J connectivity index is 1.32. The van der Waals surface area contributed by atoms with Crippen molar-refractivity contribution in [2.24, 2.45) is 5.92 Å². The van der Waals surface area contributed by atoms with Gasteiger partial charge in [0.1, 0.15) is 11.6 Å². The average Bonchev–Trinajstić information content (AvgIpc) is 3.30. The normalized spacial score (nSPS) is 15.0. The van der Waals surface area contributed by atoms with E-state index >= 15 is 0 Å². The Labute approximate surface area is 173 Å². The Morgan fingerprint density at radius 1 is 1.07 bits per heavy atom. The molecule has 5 rings (SSSR count). The predicted octanol–water partition coefficient (Wildman–Crippen LogP) is 1.99. The van der Waals surface area contributed by atoms with Gasteiger partial charge in [-0.15, -0.1) is 5.10 Å². The van der Waals surface area contributed by atoms with E-state index in [1.165, 1.54) is 0 Å². The minimum atomic E-state index is -0.0863. The zero-order valence-electron chi connectivity index (χ0n) is 16.7.